The highest BCUT2D eigenvalue weighted by atomic mass is 16.5. The highest BCUT2D eigenvalue weighted by molar-refractivity contribution is 5.76. The number of aromatic amines is 1. The minimum absolute atomic E-state index is 0.857. The van der Waals surface area contributed by atoms with E-state index in [4.69, 9.17) is 4.74 Å². The van der Waals surface area contributed by atoms with Crippen molar-refractivity contribution < 1.29 is 4.74 Å². The van der Waals surface area contributed by atoms with Gasteiger partial charge in [0.25, 0.3) is 0 Å². The van der Waals surface area contributed by atoms with E-state index in [1.54, 1.807) is 7.11 Å². The van der Waals surface area contributed by atoms with E-state index in [1.165, 1.54) is 12.8 Å². The SMILES string of the molecule is CCCCc1nc2cc(OC)ccc2[nH]1. The van der Waals surface area contributed by atoms with Crippen LogP contribution < -0.4 is 4.74 Å². The lowest BCUT2D eigenvalue weighted by molar-refractivity contribution is 0.415. The molecule has 0 aliphatic heterocycles. The third-order valence-corrected chi connectivity index (χ3v) is 2.51. The maximum Gasteiger partial charge on any atom is 0.121 e. The van der Waals surface area contributed by atoms with Crippen molar-refractivity contribution in [3.05, 3.63) is 24.0 Å². The van der Waals surface area contributed by atoms with Crippen molar-refractivity contribution in [2.24, 2.45) is 0 Å². The maximum atomic E-state index is 5.16. The van der Waals surface area contributed by atoms with E-state index in [9.17, 15) is 0 Å². The minimum Gasteiger partial charge on any atom is -0.497 e. The molecular formula is C12H16N2O. The zero-order chi connectivity index (χ0) is 10.7. The average Bonchev–Trinajstić information content (AvgIpc) is 2.67. The number of rotatable bonds is 4. The maximum absolute atomic E-state index is 5.16. The number of fused-ring (bicyclic) bond motifs is 1. The van der Waals surface area contributed by atoms with Crippen LogP contribution in [0.4, 0.5) is 0 Å². The van der Waals surface area contributed by atoms with Crippen LogP contribution in [0.1, 0.15) is 25.6 Å². The van der Waals surface area contributed by atoms with E-state index in [-0.39, 0.29) is 0 Å². The number of imidazole rings is 1. The lowest BCUT2D eigenvalue weighted by atomic mass is 10.2. The number of ether oxygens (including phenoxy) is 1. The van der Waals surface area contributed by atoms with E-state index >= 15 is 0 Å². The van der Waals surface area contributed by atoms with Crippen molar-refractivity contribution in [1.82, 2.24) is 9.97 Å². The summed E-state index contributed by atoms with van der Waals surface area (Å²) in [5, 5.41) is 0. The molecule has 1 heterocycles. The van der Waals surface area contributed by atoms with E-state index < -0.39 is 0 Å². The number of unbranched alkanes of at least 4 members (excludes halogenated alkanes) is 1. The first-order valence-corrected chi connectivity index (χ1v) is 5.36. The second kappa shape index (κ2) is 4.34. The van der Waals surface area contributed by atoms with Gasteiger partial charge in [-0.1, -0.05) is 13.3 Å². The zero-order valence-electron chi connectivity index (χ0n) is 9.21. The van der Waals surface area contributed by atoms with Gasteiger partial charge in [-0.3, -0.25) is 0 Å². The fourth-order valence-electron chi connectivity index (χ4n) is 1.63. The van der Waals surface area contributed by atoms with Crippen LogP contribution in [0.3, 0.4) is 0 Å². The number of aromatic nitrogens is 2. The van der Waals surface area contributed by atoms with Crippen LogP contribution in [0, 0.1) is 0 Å². The van der Waals surface area contributed by atoms with Gasteiger partial charge in [0, 0.05) is 12.5 Å². The molecule has 0 saturated carbocycles. The van der Waals surface area contributed by atoms with Crippen LogP contribution in [0.25, 0.3) is 11.0 Å². The number of benzene rings is 1. The summed E-state index contributed by atoms with van der Waals surface area (Å²) in [5.74, 6) is 1.93. The zero-order valence-corrected chi connectivity index (χ0v) is 9.21. The first-order valence-electron chi connectivity index (χ1n) is 5.36. The van der Waals surface area contributed by atoms with Crippen molar-refractivity contribution in [2.75, 3.05) is 7.11 Å². The third kappa shape index (κ3) is 2.12. The Morgan fingerprint density at radius 1 is 1.40 bits per heavy atom. The van der Waals surface area contributed by atoms with E-state index in [0.29, 0.717) is 0 Å². The van der Waals surface area contributed by atoms with Gasteiger partial charge < -0.3 is 9.72 Å². The van der Waals surface area contributed by atoms with Crippen LogP contribution in [-0.4, -0.2) is 17.1 Å². The first-order chi connectivity index (χ1) is 7.33. The van der Waals surface area contributed by atoms with Crippen molar-refractivity contribution in [2.45, 2.75) is 26.2 Å². The number of nitrogens with one attached hydrogen (secondary N) is 1. The molecule has 2 aromatic rings. The van der Waals surface area contributed by atoms with Gasteiger partial charge in [0.1, 0.15) is 11.6 Å². The average molecular weight is 204 g/mol. The third-order valence-electron chi connectivity index (χ3n) is 2.51. The van der Waals surface area contributed by atoms with Gasteiger partial charge in [-0.2, -0.15) is 0 Å². The number of aryl methyl sites for hydroxylation is 1. The van der Waals surface area contributed by atoms with Gasteiger partial charge >= 0.3 is 0 Å². The fourth-order valence-corrected chi connectivity index (χ4v) is 1.63. The molecule has 0 atom stereocenters. The van der Waals surface area contributed by atoms with Gasteiger partial charge in [-0.05, 0) is 18.6 Å². The Morgan fingerprint density at radius 3 is 3.00 bits per heavy atom. The van der Waals surface area contributed by atoms with Gasteiger partial charge in [0.2, 0.25) is 0 Å². The molecule has 0 bridgehead atoms. The molecule has 0 aliphatic rings. The summed E-state index contributed by atoms with van der Waals surface area (Å²) in [7, 11) is 1.67. The molecule has 3 heteroatoms. The van der Waals surface area contributed by atoms with E-state index in [2.05, 4.69) is 16.9 Å². The second-order valence-corrected chi connectivity index (χ2v) is 3.67. The normalized spacial score (nSPS) is 10.8. The predicted molar refractivity (Wildman–Crippen MR) is 61.3 cm³/mol. The molecule has 1 N–H and O–H groups in total. The molecule has 1 aromatic carbocycles. The number of methoxy groups -OCH3 is 1. The van der Waals surface area contributed by atoms with E-state index in [0.717, 1.165) is 29.0 Å². The van der Waals surface area contributed by atoms with Crippen LogP contribution >= 0.6 is 0 Å². The van der Waals surface area contributed by atoms with Crippen LogP contribution in [-0.2, 0) is 6.42 Å². The van der Waals surface area contributed by atoms with Crippen LogP contribution in [0.5, 0.6) is 5.75 Å². The Kier molecular flexibility index (Phi) is 2.90. The topological polar surface area (TPSA) is 37.9 Å². The molecule has 2 rings (SSSR count). The molecule has 0 saturated heterocycles. The number of H-pyrrole nitrogens is 1. The van der Waals surface area contributed by atoms with Crippen LogP contribution in [0.15, 0.2) is 18.2 Å². The molecule has 80 valence electrons. The molecule has 1 aromatic heterocycles. The Balaban J connectivity index is 2.29. The lowest BCUT2D eigenvalue weighted by Crippen LogP contribution is -1.86. The molecule has 0 fully saturated rings. The largest absolute Gasteiger partial charge is 0.497 e. The van der Waals surface area contributed by atoms with Gasteiger partial charge in [0.05, 0.1) is 18.1 Å². The molecule has 0 spiro atoms. The van der Waals surface area contributed by atoms with Crippen molar-refractivity contribution in [3.63, 3.8) is 0 Å². The first kappa shape index (κ1) is 10.0. The number of hydrogen-bond donors (Lipinski definition) is 1. The summed E-state index contributed by atoms with van der Waals surface area (Å²) in [6.07, 6.45) is 3.39. The summed E-state index contributed by atoms with van der Waals surface area (Å²) in [6.45, 7) is 2.19. The number of hydrogen-bond acceptors (Lipinski definition) is 2. The molecular weight excluding hydrogens is 188 g/mol. The Hall–Kier alpha value is -1.51. The highest BCUT2D eigenvalue weighted by Crippen LogP contribution is 2.19. The smallest absolute Gasteiger partial charge is 0.121 e. The van der Waals surface area contributed by atoms with Crippen molar-refractivity contribution in [3.8, 4) is 5.75 Å². The summed E-state index contributed by atoms with van der Waals surface area (Å²) in [4.78, 5) is 7.84. The van der Waals surface area contributed by atoms with Crippen molar-refractivity contribution >= 4 is 11.0 Å². The van der Waals surface area contributed by atoms with Gasteiger partial charge in [-0.25, -0.2) is 4.98 Å². The minimum atomic E-state index is 0.857. The monoisotopic (exact) mass is 204 g/mol. The fraction of sp³-hybridized carbons (Fsp3) is 0.417. The highest BCUT2D eigenvalue weighted by Gasteiger charge is 2.03. The van der Waals surface area contributed by atoms with Gasteiger partial charge in [0.15, 0.2) is 0 Å². The van der Waals surface area contributed by atoms with Crippen LogP contribution in [0.2, 0.25) is 0 Å². The molecule has 0 unspecified atom stereocenters. The van der Waals surface area contributed by atoms with Gasteiger partial charge in [-0.15, -0.1) is 0 Å². The molecule has 15 heavy (non-hydrogen) atoms. The Labute approximate surface area is 89.5 Å². The quantitative estimate of drug-likeness (QED) is 0.831. The summed E-state index contributed by atoms with van der Waals surface area (Å²) in [6, 6.07) is 5.92. The standard InChI is InChI=1S/C12H16N2O/c1-3-4-5-12-13-10-7-6-9(15-2)8-11(10)14-12/h6-8H,3-5H2,1-2H3,(H,13,14). The van der Waals surface area contributed by atoms with Crippen molar-refractivity contribution in [1.29, 1.82) is 0 Å². The molecule has 0 radical (unpaired) electrons. The Bertz CT molecular complexity index is 448. The Morgan fingerprint density at radius 2 is 2.27 bits per heavy atom. The molecule has 0 aliphatic carbocycles. The lowest BCUT2D eigenvalue weighted by Gasteiger charge is -1.96. The molecule has 0 amide bonds. The summed E-state index contributed by atoms with van der Waals surface area (Å²) in [5.41, 5.74) is 2.07. The summed E-state index contributed by atoms with van der Waals surface area (Å²) >= 11 is 0. The predicted octanol–water partition coefficient (Wildman–Crippen LogP) is 2.91. The second-order valence-electron chi connectivity index (χ2n) is 3.67. The van der Waals surface area contributed by atoms with E-state index in [1.807, 2.05) is 18.2 Å². The summed E-state index contributed by atoms with van der Waals surface area (Å²) < 4.78 is 5.16. The number of nitrogens with zero attached hydrogens (tertiary/aromatic N) is 1. The molecule has 3 nitrogen and oxygen atoms in total.